The van der Waals surface area contributed by atoms with Crippen LogP contribution >= 0.6 is 15.9 Å². The Morgan fingerprint density at radius 1 is 1.53 bits per heavy atom. The van der Waals surface area contributed by atoms with Crippen LogP contribution in [0.25, 0.3) is 0 Å². The first-order chi connectivity index (χ1) is 8.82. The molecule has 19 heavy (non-hydrogen) atoms. The van der Waals surface area contributed by atoms with E-state index in [9.17, 15) is 18.0 Å². The van der Waals surface area contributed by atoms with Crippen LogP contribution in [0.2, 0.25) is 0 Å². The molecule has 1 saturated heterocycles. The lowest BCUT2D eigenvalue weighted by molar-refractivity contribution is -0.141. The lowest BCUT2D eigenvalue weighted by Gasteiger charge is -2.15. The zero-order chi connectivity index (χ0) is 14.2. The third-order valence-corrected chi connectivity index (χ3v) is 3.18. The Kier molecular flexibility index (Phi) is 3.49. The first-order valence-corrected chi connectivity index (χ1v) is 5.98. The van der Waals surface area contributed by atoms with E-state index in [0.717, 1.165) is 11.1 Å². The smallest absolute Gasteiger partial charge is 0.279 e. The van der Waals surface area contributed by atoms with Crippen molar-refractivity contribution in [1.82, 2.24) is 9.97 Å². The Hall–Kier alpha value is -1.62. The van der Waals surface area contributed by atoms with Crippen molar-refractivity contribution >= 4 is 27.8 Å². The Balaban J connectivity index is 2.38. The molecule has 1 aromatic rings. The van der Waals surface area contributed by atoms with Gasteiger partial charge in [-0.25, -0.2) is 9.97 Å². The van der Waals surface area contributed by atoms with E-state index in [1.165, 1.54) is 0 Å². The normalized spacial score (nSPS) is 19.6. The van der Waals surface area contributed by atoms with Crippen LogP contribution in [0.4, 0.5) is 19.1 Å². The van der Waals surface area contributed by atoms with Gasteiger partial charge >= 0.3 is 6.18 Å². The summed E-state index contributed by atoms with van der Waals surface area (Å²) in [5, 5.41) is 0. The molecule has 0 aromatic carbocycles. The number of hydrogen-bond donors (Lipinski definition) is 0. The lowest BCUT2D eigenvalue weighted by Crippen LogP contribution is -2.27. The van der Waals surface area contributed by atoms with Gasteiger partial charge in [0.2, 0.25) is 11.9 Å². The second-order valence-electron chi connectivity index (χ2n) is 3.94. The summed E-state index contributed by atoms with van der Waals surface area (Å²) in [6.45, 7) is 0.133. The average Bonchev–Trinajstić information content (AvgIpc) is 2.70. The van der Waals surface area contributed by atoms with Gasteiger partial charge in [-0.3, -0.25) is 9.69 Å². The molecule has 1 aliphatic rings. The van der Waals surface area contributed by atoms with Crippen molar-refractivity contribution in [2.45, 2.75) is 12.6 Å². The first-order valence-electron chi connectivity index (χ1n) is 5.19. The SMILES string of the molecule is C#CC1CC(=O)N(c2ncc(Br)c(C(F)(F)F)n2)C1. The molecule has 0 spiro atoms. The van der Waals surface area contributed by atoms with Gasteiger partial charge in [0.15, 0.2) is 5.69 Å². The summed E-state index contributed by atoms with van der Waals surface area (Å²) in [6.07, 6.45) is 1.65. The molecule has 1 aromatic heterocycles. The van der Waals surface area contributed by atoms with Crippen LogP contribution in [0.5, 0.6) is 0 Å². The van der Waals surface area contributed by atoms with Gasteiger partial charge in [-0.15, -0.1) is 12.3 Å². The summed E-state index contributed by atoms with van der Waals surface area (Å²) < 4.78 is 37.8. The van der Waals surface area contributed by atoms with E-state index in [4.69, 9.17) is 6.42 Å². The van der Waals surface area contributed by atoms with Crippen LogP contribution in [0, 0.1) is 18.3 Å². The Bertz CT molecular complexity index is 567. The summed E-state index contributed by atoms with van der Waals surface area (Å²) in [5.74, 6) is 1.42. The maximum atomic E-state index is 12.7. The molecule has 0 radical (unpaired) electrons. The zero-order valence-corrected chi connectivity index (χ0v) is 11.0. The van der Waals surface area contributed by atoms with E-state index in [2.05, 4.69) is 31.8 Å². The number of halogens is 4. The summed E-state index contributed by atoms with van der Waals surface area (Å²) >= 11 is 2.73. The molecule has 2 rings (SSSR count). The van der Waals surface area contributed by atoms with E-state index in [0.29, 0.717) is 0 Å². The second kappa shape index (κ2) is 4.81. The van der Waals surface area contributed by atoms with E-state index >= 15 is 0 Å². The molecular weight excluding hydrogens is 327 g/mol. The molecule has 4 nitrogen and oxygen atoms in total. The van der Waals surface area contributed by atoms with Gasteiger partial charge < -0.3 is 0 Å². The number of carbonyl (C=O) groups is 1. The standard InChI is InChI=1S/C11H7BrF3N3O/c1-2-6-3-8(19)18(5-6)10-16-4-7(12)9(17-10)11(13,14)15/h1,4,6H,3,5H2. The van der Waals surface area contributed by atoms with Crippen molar-refractivity contribution in [1.29, 1.82) is 0 Å². The minimum absolute atomic E-state index is 0.0945. The van der Waals surface area contributed by atoms with Crippen LogP contribution in [0.3, 0.4) is 0 Å². The van der Waals surface area contributed by atoms with E-state index in [-0.39, 0.29) is 35.2 Å². The molecule has 8 heteroatoms. The van der Waals surface area contributed by atoms with Crippen molar-refractivity contribution in [3.63, 3.8) is 0 Å². The predicted molar refractivity (Wildman–Crippen MR) is 64.0 cm³/mol. The Morgan fingerprint density at radius 3 is 2.74 bits per heavy atom. The predicted octanol–water partition coefficient (Wildman–Crippen LogP) is 2.24. The highest BCUT2D eigenvalue weighted by molar-refractivity contribution is 9.10. The van der Waals surface area contributed by atoms with Gasteiger partial charge in [0.25, 0.3) is 0 Å². The summed E-state index contributed by atoms with van der Waals surface area (Å²) in [4.78, 5) is 19.9. The minimum atomic E-state index is -4.62. The van der Waals surface area contributed by atoms with Crippen LogP contribution in [-0.4, -0.2) is 22.4 Å². The van der Waals surface area contributed by atoms with Gasteiger partial charge in [0, 0.05) is 25.1 Å². The zero-order valence-electron chi connectivity index (χ0n) is 9.41. The number of amides is 1. The number of rotatable bonds is 1. The number of terminal acetylenes is 1. The maximum absolute atomic E-state index is 12.7. The lowest BCUT2D eigenvalue weighted by atomic mass is 10.1. The highest BCUT2D eigenvalue weighted by Gasteiger charge is 2.38. The maximum Gasteiger partial charge on any atom is 0.434 e. The molecule has 1 unspecified atom stereocenters. The van der Waals surface area contributed by atoms with Crippen molar-refractivity contribution < 1.29 is 18.0 Å². The van der Waals surface area contributed by atoms with Crippen LogP contribution in [0.1, 0.15) is 12.1 Å². The number of hydrogen-bond acceptors (Lipinski definition) is 3. The summed E-state index contributed by atoms with van der Waals surface area (Å²) in [7, 11) is 0. The fourth-order valence-electron chi connectivity index (χ4n) is 1.70. The third kappa shape index (κ3) is 2.71. The quantitative estimate of drug-likeness (QED) is 0.740. The monoisotopic (exact) mass is 333 g/mol. The number of nitrogens with zero attached hydrogens (tertiary/aromatic N) is 3. The van der Waals surface area contributed by atoms with E-state index in [1.807, 2.05) is 0 Å². The van der Waals surface area contributed by atoms with Gasteiger partial charge in [0.1, 0.15) is 0 Å². The largest absolute Gasteiger partial charge is 0.434 e. The van der Waals surface area contributed by atoms with Crippen molar-refractivity contribution in [3.8, 4) is 12.3 Å². The first kappa shape index (κ1) is 13.8. The molecule has 0 N–H and O–H groups in total. The minimum Gasteiger partial charge on any atom is -0.279 e. The number of aromatic nitrogens is 2. The molecule has 0 bridgehead atoms. The van der Waals surface area contributed by atoms with Crippen LogP contribution in [-0.2, 0) is 11.0 Å². The fourth-order valence-corrected chi connectivity index (χ4v) is 2.12. The van der Waals surface area contributed by atoms with Crippen LogP contribution in [0.15, 0.2) is 10.7 Å². The molecule has 0 saturated carbocycles. The van der Waals surface area contributed by atoms with Gasteiger partial charge in [-0.05, 0) is 15.9 Å². The highest BCUT2D eigenvalue weighted by atomic mass is 79.9. The molecule has 2 heterocycles. The van der Waals surface area contributed by atoms with Crippen molar-refractivity contribution in [3.05, 3.63) is 16.4 Å². The number of alkyl halides is 3. The van der Waals surface area contributed by atoms with Crippen molar-refractivity contribution in [2.24, 2.45) is 5.92 Å². The Labute approximate surface area is 115 Å². The van der Waals surface area contributed by atoms with Gasteiger partial charge in [-0.1, -0.05) is 0 Å². The molecule has 1 aliphatic heterocycles. The van der Waals surface area contributed by atoms with E-state index < -0.39 is 11.9 Å². The van der Waals surface area contributed by atoms with E-state index in [1.54, 1.807) is 0 Å². The summed E-state index contributed by atoms with van der Waals surface area (Å²) in [6, 6.07) is 0. The average molecular weight is 334 g/mol. The highest BCUT2D eigenvalue weighted by Crippen LogP contribution is 2.34. The number of carbonyl (C=O) groups excluding carboxylic acids is 1. The topological polar surface area (TPSA) is 46.1 Å². The van der Waals surface area contributed by atoms with Crippen molar-refractivity contribution in [2.75, 3.05) is 11.4 Å². The molecule has 1 amide bonds. The molecule has 100 valence electrons. The second-order valence-corrected chi connectivity index (χ2v) is 4.79. The number of anilines is 1. The van der Waals surface area contributed by atoms with Gasteiger partial charge in [0.05, 0.1) is 4.47 Å². The fraction of sp³-hybridized carbons (Fsp3) is 0.364. The molecule has 1 fully saturated rings. The summed E-state index contributed by atoms with van der Waals surface area (Å²) in [5.41, 5.74) is -1.12. The van der Waals surface area contributed by atoms with Gasteiger partial charge in [-0.2, -0.15) is 13.2 Å². The third-order valence-electron chi connectivity index (χ3n) is 2.60. The Morgan fingerprint density at radius 2 is 2.21 bits per heavy atom. The van der Waals surface area contributed by atoms with Crippen LogP contribution < -0.4 is 4.90 Å². The molecular formula is C11H7BrF3N3O. The molecule has 1 atom stereocenters. The molecule has 0 aliphatic carbocycles.